The molecule has 3 heteroatoms. The summed E-state index contributed by atoms with van der Waals surface area (Å²) in [5, 5.41) is 3.60. The molecule has 3 nitrogen and oxygen atoms in total. The fourth-order valence-electron chi connectivity index (χ4n) is 4.37. The first kappa shape index (κ1) is 11.9. The number of likely N-dealkylation sites (tertiary alicyclic amines) is 1. The third kappa shape index (κ3) is 2.02. The Morgan fingerprint density at radius 2 is 1.88 bits per heavy atom. The zero-order chi connectivity index (χ0) is 11.7. The van der Waals surface area contributed by atoms with E-state index in [9.17, 15) is 0 Å². The van der Waals surface area contributed by atoms with E-state index in [4.69, 9.17) is 4.74 Å². The lowest BCUT2D eigenvalue weighted by atomic mass is 9.75. The standard InChI is InChI=1S/C14H26N2O/c1-15-13-12(16-9-2-3-10-16)6-4-7-14(13)8-5-11-17-14/h12-13,15H,2-11H2,1H3. The maximum Gasteiger partial charge on any atom is 0.0850 e. The Kier molecular flexibility index (Phi) is 3.42. The predicted molar refractivity (Wildman–Crippen MR) is 69.2 cm³/mol. The minimum Gasteiger partial charge on any atom is -0.373 e. The smallest absolute Gasteiger partial charge is 0.0850 e. The van der Waals surface area contributed by atoms with Crippen molar-refractivity contribution in [2.45, 2.75) is 62.6 Å². The predicted octanol–water partition coefficient (Wildman–Crippen LogP) is 1.77. The maximum absolute atomic E-state index is 6.19. The molecule has 2 aliphatic heterocycles. The Hall–Kier alpha value is -0.120. The highest BCUT2D eigenvalue weighted by atomic mass is 16.5. The van der Waals surface area contributed by atoms with Crippen LogP contribution >= 0.6 is 0 Å². The van der Waals surface area contributed by atoms with Gasteiger partial charge in [0.25, 0.3) is 0 Å². The highest BCUT2D eigenvalue weighted by Crippen LogP contribution is 2.41. The van der Waals surface area contributed by atoms with Crippen molar-refractivity contribution in [3.8, 4) is 0 Å². The van der Waals surface area contributed by atoms with E-state index in [1.165, 1.54) is 58.0 Å². The number of likely N-dealkylation sites (N-methyl/N-ethyl adjacent to an activating group) is 1. The number of hydrogen-bond acceptors (Lipinski definition) is 3. The summed E-state index contributed by atoms with van der Waals surface area (Å²) in [6, 6.07) is 1.27. The van der Waals surface area contributed by atoms with Gasteiger partial charge in [0.05, 0.1) is 11.6 Å². The van der Waals surface area contributed by atoms with Gasteiger partial charge in [-0.1, -0.05) is 0 Å². The summed E-state index contributed by atoms with van der Waals surface area (Å²) < 4.78 is 6.19. The fraction of sp³-hybridized carbons (Fsp3) is 1.00. The Morgan fingerprint density at radius 3 is 2.53 bits per heavy atom. The molecular formula is C14H26N2O. The van der Waals surface area contributed by atoms with Crippen molar-refractivity contribution in [1.82, 2.24) is 10.2 Å². The summed E-state index contributed by atoms with van der Waals surface area (Å²) in [4.78, 5) is 2.71. The van der Waals surface area contributed by atoms with Crippen molar-refractivity contribution in [2.75, 3.05) is 26.7 Å². The number of rotatable bonds is 2. The molecule has 3 unspecified atom stereocenters. The molecular weight excluding hydrogens is 212 g/mol. The summed E-state index contributed by atoms with van der Waals surface area (Å²) in [6.07, 6.45) is 9.27. The van der Waals surface area contributed by atoms with Crippen LogP contribution in [0.3, 0.4) is 0 Å². The van der Waals surface area contributed by atoms with Gasteiger partial charge in [-0.25, -0.2) is 0 Å². The van der Waals surface area contributed by atoms with Gasteiger partial charge in [-0.2, -0.15) is 0 Å². The molecule has 2 saturated heterocycles. The second-order valence-electron chi connectivity index (χ2n) is 5.99. The molecule has 0 aromatic rings. The number of hydrogen-bond donors (Lipinski definition) is 1. The average molecular weight is 238 g/mol. The summed E-state index contributed by atoms with van der Waals surface area (Å²) >= 11 is 0. The minimum atomic E-state index is 0.167. The number of nitrogens with one attached hydrogen (secondary N) is 1. The topological polar surface area (TPSA) is 24.5 Å². The summed E-state index contributed by atoms with van der Waals surface area (Å²) in [5.41, 5.74) is 0.167. The van der Waals surface area contributed by atoms with Crippen LogP contribution in [-0.2, 0) is 4.74 Å². The molecule has 98 valence electrons. The first-order valence-electron chi connectivity index (χ1n) is 7.41. The normalized spacial score (nSPS) is 43.6. The minimum absolute atomic E-state index is 0.167. The molecule has 17 heavy (non-hydrogen) atoms. The van der Waals surface area contributed by atoms with Gasteiger partial charge in [0.1, 0.15) is 0 Å². The van der Waals surface area contributed by atoms with Crippen molar-refractivity contribution in [2.24, 2.45) is 0 Å². The third-order valence-electron chi connectivity index (χ3n) is 5.11. The first-order valence-corrected chi connectivity index (χ1v) is 7.41. The Balaban J connectivity index is 1.78. The summed E-state index contributed by atoms with van der Waals surface area (Å²) in [7, 11) is 2.13. The SMILES string of the molecule is CNC1C(N2CCCC2)CCCC12CCCO2. The molecule has 3 rings (SSSR count). The lowest BCUT2D eigenvalue weighted by Gasteiger charge is -2.48. The van der Waals surface area contributed by atoms with Crippen LogP contribution < -0.4 is 5.32 Å². The van der Waals surface area contributed by atoms with Gasteiger partial charge in [-0.05, 0) is 65.1 Å². The van der Waals surface area contributed by atoms with Gasteiger partial charge >= 0.3 is 0 Å². The van der Waals surface area contributed by atoms with E-state index in [1.54, 1.807) is 0 Å². The van der Waals surface area contributed by atoms with Crippen molar-refractivity contribution in [3.63, 3.8) is 0 Å². The number of nitrogens with zero attached hydrogens (tertiary/aromatic N) is 1. The lowest BCUT2D eigenvalue weighted by molar-refractivity contribution is -0.0746. The van der Waals surface area contributed by atoms with E-state index in [2.05, 4.69) is 17.3 Å². The van der Waals surface area contributed by atoms with E-state index in [0.29, 0.717) is 12.1 Å². The highest BCUT2D eigenvalue weighted by Gasteiger charge is 2.49. The third-order valence-corrected chi connectivity index (χ3v) is 5.11. The molecule has 0 bridgehead atoms. The van der Waals surface area contributed by atoms with Crippen molar-refractivity contribution in [3.05, 3.63) is 0 Å². The molecule has 3 atom stereocenters. The molecule has 1 saturated carbocycles. The summed E-state index contributed by atoms with van der Waals surface area (Å²) in [5.74, 6) is 0. The maximum atomic E-state index is 6.19. The second kappa shape index (κ2) is 4.87. The molecule has 0 radical (unpaired) electrons. The van der Waals surface area contributed by atoms with E-state index in [-0.39, 0.29) is 5.60 Å². The van der Waals surface area contributed by atoms with Gasteiger partial charge in [-0.3, -0.25) is 4.90 Å². The monoisotopic (exact) mass is 238 g/mol. The zero-order valence-electron chi connectivity index (χ0n) is 11.1. The van der Waals surface area contributed by atoms with Crippen LogP contribution in [0.15, 0.2) is 0 Å². The molecule has 0 amide bonds. The van der Waals surface area contributed by atoms with Crippen LogP contribution in [0.1, 0.15) is 44.9 Å². The molecule has 1 N–H and O–H groups in total. The van der Waals surface area contributed by atoms with Gasteiger partial charge < -0.3 is 10.1 Å². The van der Waals surface area contributed by atoms with E-state index >= 15 is 0 Å². The number of ether oxygens (including phenoxy) is 1. The van der Waals surface area contributed by atoms with Crippen molar-refractivity contribution < 1.29 is 4.74 Å². The highest BCUT2D eigenvalue weighted by molar-refractivity contribution is 5.05. The quantitative estimate of drug-likeness (QED) is 0.793. The molecule has 0 aromatic carbocycles. The zero-order valence-corrected chi connectivity index (χ0v) is 11.1. The van der Waals surface area contributed by atoms with Crippen LogP contribution in [0.4, 0.5) is 0 Å². The van der Waals surface area contributed by atoms with Crippen LogP contribution in [0, 0.1) is 0 Å². The van der Waals surface area contributed by atoms with E-state index < -0.39 is 0 Å². The van der Waals surface area contributed by atoms with Gasteiger partial charge in [-0.15, -0.1) is 0 Å². The van der Waals surface area contributed by atoms with Crippen LogP contribution in [0.25, 0.3) is 0 Å². The molecule has 1 aliphatic carbocycles. The van der Waals surface area contributed by atoms with E-state index in [0.717, 1.165) is 6.61 Å². The van der Waals surface area contributed by atoms with Gasteiger partial charge in [0.2, 0.25) is 0 Å². The largest absolute Gasteiger partial charge is 0.373 e. The van der Waals surface area contributed by atoms with Gasteiger partial charge in [0.15, 0.2) is 0 Å². The molecule has 2 heterocycles. The van der Waals surface area contributed by atoms with Crippen LogP contribution in [0.5, 0.6) is 0 Å². The van der Waals surface area contributed by atoms with Crippen LogP contribution in [-0.4, -0.2) is 49.3 Å². The summed E-state index contributed by atoms with van der Waals surface area (Å²) in [6.45, 7) is 3.59. The van der Waals surface area contributed by atoms with E-state index in [1.807, 2.05) is 0 Å². The van der Waals surface area contributed by atoms with Crippen molar-refractivity contribution in [1.29, 1.82) is 0 Å². The fourth-order valence-corrected chi connectivity index (χ4v) is 4.37. The molecule has 3 fully saturated rings. The lowest BCUT2D eigenvalue weighted by Crippen LogP contribution is -2.62. The van der Waals surface area contributed by atoms with Gasteiger partial charge in [0, 0.05) is 12.6 Å². The molecule has 0 aromatic heterocycles. The van der Waals surface area contributed by atoms with Crippen molar-refractivity contribution >= 4 is 0 Å². The second-order valence-corrected chi connectivity index (χ2v) is 5.99. The van der Waals surface area contributed by atoms with Crippen LogP contribution in [0.2, 0.25) is 0 Å². The molecule has 1 spiro atoms. The molecule has 3 aliphatic rings. The Labute approximate surface area is 105 Å². The first-order chi connectivity index (χ1) is 8.36. The Bertz CT molecular complexity index is 257. The Morgan fingerprint density at radius 1 is 1.12 bits per heavy atom. The average Bonchev–Trinajstić information content (AvgIpc) is 3.00.